The van der Waals surface area contributed by atoms with Gasteiger partial charge < -0.3 is 4.90 Å². The summed E-state index contributed by atoms with van der Waals surface area (Å²) in [5.74, 6) is 0. The molecule has 0 fully saturated rings. The van der Waals surface area contributed by atoms with Gasteiger partial charge in [-0.3, -0.25) is 4.99 Å². The Kier molecular flexibility index (Phi) is 5.09. The van der Waals surface area contributed by atoms with Crippen molar-refractivity contribution in [2.75, 3.05) is 11.9 Å². The van der Waals surface area contributed by atoms with E-state index in [1.165, 1.54) is 16.9 Å². The molecule has 0 saturated heterocycles. The van der Waals surface area contributed by atoms with Crippen molar-refractivity contribution in [3.05, 3.63) is 96.2 Å². The molecule has 0 amide bonds. The lowest BCUT2D eigenvalue weighted by molar-refractivity contribution is 0.641. The summed E-state index contributed by atoms with van der Waals surface area (Å²) in [6, 6.07) is 26.0. The van der Waals surface area contributed by atoms with Crippen LogP contribution in [-0.2, 0) is 5.41 Å². The van der Waals surface area contributed by atoms with Crippen molar-refractivity contribution >= 4 is 29.0 Å². The predicted molar refractivity (Wildman–Crippen MR) is 121 cm³/mol. The van der Waals surface area contributed by atoms with E-state index in [4.69, 9.17) is 0 Å². The molecule has 0 atom stereocenters. The van der Waals surface area contributed by atoms with Crippen LogP contribution in [0.2, 0.25) is 0 Å². The van der Waals surface area contributed by atoms with E-state index in [1.807, 2.05) is 60.8 Å². The summed E-state index contributed by atoms with van der Waals surface area (Å²) in [6.45, 7) is 4.50. The Morgan fingerprint density at radius 2 is 1.31 bits per heavy atom. The molecule has 4 rings (SSSR count). The Morgan fingerprint density at radius 3 is 2.00 bits per heavy atom. The van der Waals surface area contributed by atoms with Crippen LogP contribution in [-0.4, -0.2) is 13.3 Å². The van der Waals surface area contributed by atoms with Gasteiger partial charge in [-0.05, 0) is 54.1 Å². The number of allylic oxidation sites excluding steroid dienone is 2. The van der Waals surface area contributed by atoms with Crippen LogP contribution in [0.5, 0.6) is 0 Å². The third-order valence-electron chi connectivity index (χ3n) is 5.28. The molecule has 0 unspecified atom stereocenters. The zero-order valence-electron chi connectivity index (χ0n) is 16.9. The Balaban J connectivity index is 1.48. The summed E-state index contributed by atoms with van der Waals surface area (Å²) in [5, 5.41) is 8.50. The second-order valence-corrected chi connectivity index (χ2v) is 7.58. The molecule has 144 valence electrons. The standard InChI is InChI=1S/C25H24N4/c1-25(2)22-11-7-8-12-23(22)29(3)24(25)17-18-26-19-13-15-21(16-14-19)28-27-20-9-5-4-6-10-20/h4-18H,1-3H3/b24-17-,26-18?,28-27?. The number of aliphatic imine (C=N–C) groups is 1. The number of benzene rings is 3. The number of rotatable bonds is 4. The Morgan fingerprint density at radius 1 is 0.724 bits per heavy atom. The van der Waals surface area contributed by atoms with E-state index < -0.39 is 0 Å². The highest BCUT2D eigenvalue weighted by Gasteiger charge is 2.37. The van der Waals surface area contributed by atoms with Crippen molar-refractivity contribution < 1.29 is 0 Å². The Hall–Kier alpha value is -3.53. The number of hydrogen-bond acceptors (Lipinski definition) is 4. The Labute approximate surface area is 172 Å². The lowest BCUT2D eigenvalue weighted by Crippen LogP contribution is -2.22. The molecule has 1 aliphatic rings. The molecule has 1 aliphatic heterocycles. The lowest BCUT2D eigenvalue weighted by atomic mass is 9.84. The highest BCUT2D eigenvalue weighted by molar-refractivity contribution is 5.81. The van der Waals surface area contributed by atoms with Crippen molar-refractivity contribution in [1.82, 2.24) is 0 Å². The average molecular weight is 380 g/mol. The molecule has 3 aromatic carbocycles. The van der Waals surface area contributed by atoms with Gasteiger partial charge in [-0.2, -0.15) is 10.2 Å². The van der Waals surface area contributed by atoms with E-state index in [9.17, 15) is 0 Å². The highest BCUT2D eigenvalue weighted by atomic mass is 15.2. The molecule has 29 heavy (non-hydrogen) atoms. The molecule has 4 heteroatoms. The molecule has 0 bridgehead atoms. The van der Waals surface area contributed by atoms with Gasteiger partial charge in [0.2, 0.25) is 0 Å². The van der Waals surface area contributed by atoms with Crippen molar-refractivity contribution in [1.29, 1.82) is 0 Å². The molecular formula is C25H24N4. The zero-order valence-corrected chi connectivity index (χ0v) is 16.9. The molecule has 0 radical (unpaired) electrons. The molecule has 0 saturated carbocycles. The maximum atomic E-state index is 4.59. The highest BCUT2D eigenvalue weighted by Crippen LogP contribution is 2.46. The van der Waals surface area contributed by atoms with Crippen molar-refractivity contribution in [3.63, 3.8) is 0 Å². The van der Waals surface area contributed by atoms with Crippen molar-refractivity contribution in [2.24, 2.45) is 15.2 Å². The van der Waals surface area contributed by atoms with Gasteiger partial charge in [-0.25, -0.2) is 0 Å². The molecular weight excluding hydrogens is 356 g/mol. The number of para-hydroxylation sites is 1. The fourth-order valence-corrected chi connectivity index (χ4v) is 3.71. The van der Waals surface area contributed by atoms with Crippen LogP contribution in [0.4, 0.5) is 22.7 Å². The van der Waals surface area contributed by atoms with E-state index >= 15 is 0 Å². The Bertz CT molecular complexity index is 1080. The molecule has 4 nitrogen and oxygen atoms in total. The van der Waals surface area contributed by atoms with Crippen LogP contribution >= 0.6 is 0 Å². The first-order valence-electron chi connectivity index (χ1n) is 9.70. The number of hydrogen-bond donors (Lipinski definition) is 0. The second kappa shape index (κ2) is 7.84. The fraction of sp³-hybridized carbons (Fsp3) is 0.160. The van der Waals surface area contributed by atoms with E-state index in [1.54, 1.807) is 0 Å². The quantitative estimate of drug-likeness (QED) is 0.351. The third kappa shape index (κ3) is 3.87. The first-order valence-corrected chi connectivity index (χ1v) is 9.70. The minimum atomic E-state index is -0.0426. The topological polar surface area (TPSA) is 40.3 Å². The van der Waals surface area contributed by atoms with Crippen LogP contribution in [0.1, 0.15) is 19.4 Å². The van der Waals surface area contributed by atoms with E-state index in [-0.39, 0.29) is 5.41 Å². The van der Waals surface area contributed by atoms with Crippen molar-refractivity contribution in [3.8, 4) is 0 Å². The van der Waals surface area contributed by atoms with Crippen LogP contribution in [0.25, 0.3) is 0 Å². The van der Waals surface area contributed by atoms with Crippen LogP contribution in [0.15, 0.2) is 106 Å². The maximum absolute atomic E-state index is 4.59. The number of anilines is 1. The van der Waals surface area contributed by atoms with Gasteiger partial charge in [0.05, 0.1) is 17.1 Å². The summed E-state index contributed by atoms with van der Waals surface area (Å²) >= 11 is 0. The van der Waals surface area contributed by atoms with Gasteiger partial charge in [0, 0.05) is 30.1 Å². The summed E-state index contributed by atoms with van der Waals surface area (Å²) in [7, 11) is 2.11. The summed E-state index contributed by atoms with van der Waals surface area (Å²) in [5.41, 5.74) is 6.32. The van der Waals surface area contributed by atoms with E-state index in [2.05, 4.69) is 71.4 Å². The average Bonchev–Trinajstić information content (AvgIpc) is 2.95. The number of fused-ring (bicyclic) bond motifs is 1. The summed E-state index contributed by atoms with van der Waals surface area (Å²) in [6.07, 6.45) is 3.98. The second-order valence-electron chi connectivity index (χ2n) is 7.58. The first-order chi connectivity index (χ1) is 14.1. The smallest absolute Gasteiger partial charge is 0.0858 e. The van der Waals surface area contributed by atoms with Gasteiger partial charge in [0.15, 0.2) is 0 Å². The molecule has 1 heterocycles. The normalized spacial score (nSPS) is 16.8. The summed E-state index contributed by atoms with van der Waals surface area (Å²) in [4.78, 5) is 6.84. The molecule has 0 spiro atoms. The number of likely N-dealkylation sites (N-methyl/N-ethyl adjacent to an activating group) is 1. The SMILES string of the molecule is CN1/C(=C\C=Nc2ccc(N=Nc3ccccc3)cc2)C(C)(C)c2ccccc21. The fourth-order valence-electron chi connectivity index (χ4n) is 3.71. The lowest BCUT2D eigenvalue weighted by Gasteiger charge is -2.23. The molecule has 0 aromatic heterocycles. The van der Waals surface area contributed by atoms with Gasteiger partial charge in [-0.15, -0.1) is 0 Å². The number of nitrogens with zero attached hydrogens (tertiary/aromatic N) is 4. The van der Waals surface area contributed by atoms with E-state index in [0.29, 0.717) is 0 Å². The third-order valence-corrected chi connectivity index (χ3v) is 5.28. The molecule has 0 N–H and O–H groups in total. The molecule has 3 aromatic rings. The number of azo groups is 1. The van der Waals surface area contributed by atoms with Crippen LogP contribution in [0.3, 0.4) is 0 Å². The summed E-state index contributed by atoms with van der Waals surface area (Å²) < 4.78 is 0. The van der Waals surface area contributed by atoms with Crippen LogP contribution in [0, 0.1) is 0 Å². The van der Waals surface area contributed by atoms with Gasteiger partial charge >= 0.3 is 0 Å². The van der Waals surface area contributed by atoms with E-state index in [0.717, 1.165) is 17.1 Å². The van der Waals surface area contributed by atoms with Gasteiger partial charge in [-0.1, -0.05) is 50.2 Å². The van der Waals surface area contributed by atoms with Crippen LogP contribution < -0.4 is 4.90 Å². The minimum absolute atomic E-state index is 0.0426. The monoisotopic (exact) mass is 380 g/mol. The maximum Gasteiger partial charge on any atom is 0.0858 e. The predicted octanol–water partition coefficient (Wildman–Crippen LogP) is 7.12. The largest absolute Gasteiger partial charge is 0.347 e. The molecule has 0 aliphatic carbocycles. The zero-order chi connectivity index (χ0) is 20.3. The van der Waals surface area contributed by atoms with Crippen molar-refractivity contribution in [2.45, 2.75) is 19.3 Å². The minimum Gasteiger partial charge on any atom is -0.347 e. The van der Waals surface area contributed by atoms with Gasteiger partial charge in [0.25, 0.3) is 0 Å². The van der Waals surface area contributed by atoms with Gasteiger partial charge in [0.1, 0.15) is 0 Å². The first kappa shape index (κ1) is 18.8.